The van der Waals surface area contributed by atoms with Crippen LogP contribution in [0.4, 0.5) is 17.6 Å². The first-order valence-electron chi connectivity index (χ1n) is 7.98. The topological polar surface area (TPSA) is 43.9 Å². The van der Waals surface area contributed by atoms with Gasteiger partial charge < -0.3 is 4.52 Å². The Kier molecular flexibility index (Phi) is 4.43. The summed E-state index contributed by atoms with van der Waals surface area (Å²) in [7, 11) is 0. The Morgan fingerprint density at radius 1 is 1.00 bits per heavy atom. The molecule has 2 aromatic heterocycles. The van der Waals surface area contributed by atoms with E-state index in [9.17, 15) is 17.6 Å². The van der Waals surface area contributed by atoms with Gasteiger partial charge in [-0.3, -0.25) is 0 Å². The van der Waals surface area contributed by atoms with Crippen LogP contribution < -0.4 is 0 Å². The predicted molar refractivity (Wildman–Crippen MR) is 94.5 cm³/mol. The molecular formula is C19H10ClF4N3O. The lowest BCUT2D eigenvalue weighted by Crippen LogP contribution is -2.14. The molecule has 0 unspecified atom stereocenters. The van der Waals surface area contributed by atoms with Crippen LogP contribution in [0, 0.1) is 5.82 Å². The van der Waals surface area contributed by atoms with Crippen LogP contribution >= 0.6 is 11.6 Å². The molecule has 0 N–H and O–H groups in total. The fourth-order valence-electron chi connectivity index (χ4n) is 2.83. The summed E-state index contributed by atoms with van der Waals surface area (Å²) in [5, 5.41) is 7.61. The average molecular weight is 408 g/mol. The van der Waals surface area contributed by atoms with Crippen molar-refractivity contribution in [1.82, 2.24) is 14.9 Å². The quantitative estimate of drug-likeness (QED) is 0.391. The Labute approximate surface area is 161 Å². The van der Waals surface area contributed by atoms with Gasteiger partial charge >= 0.3 is 6.18 Å². The van der Waals surface area contributed by atoms with Crippen LogP contribution in [0.1, 0.15) is 5.69 Å². The van der Waals surface area contributed by atoms with E-state index in [1.165, 1.54) is 36.4 Å². The van der Waals surface area contributed by atoms with Crippen molar-refractivity contribution in [3.05, 3.63) is 77.3 Å². The van der Waals surface area contributed by atoms with E-state index in [2.05, 4.69) is 10.3 Å². The first-order chi connectivity index (χ1) is 13.4. The molecule has 0 aliphatic carbocycles. The summed E-state index contributed by atoms with van der Waals surface area (Å²) in [4.78, 5) is 0. The molecule has 4 aromatic rings. The molecular weight excluding hydrogens is 398 g/mol. The van der Waals surface area contributed by atoms with Gasteiger partial charge in [0.25, 0.3) is 0 Å². The Balaban J connectivity index is 1.85. The van der Waals surface area contributed by atoms with E-state index in [0.717, 1.165) is 10.9 Å². The van der Waals surface area contributed by atoms with Crippen molar-refractivity contribution in [1.29, 1.82) is 0 Å². The third-order valence-electron chi connectivity index (χ3n) is 4.03. The van der Waals surface area contributed by atoms with E-state index in [1.807, 2.05) is 0 Å². The van der Waals surface area contributed by atoms with Crippen molar-refractivity contribution >= 4 is 11.6 Å². The second kappa shape index (κ2) is 6.79. The molecule has 0 atom stereocenters. The Morgan fingerprint density at radius 3 is 2.43 bits per heavy atom. The second-order valence-corrected chi connectivity index (χ2v) is 6.23. The fraction of sp³-hybridized carbons (Fsp3) is 0.0526. The molecule has 0 bridgehead atoms. The highest BCUT2D eigenvalue weighted by Gasteiger charge is 2.40. The maximum absolute atomic E-state index is 14.1. The van der Waals surface area contributed by atoms with Crippen molar-refractivity contribution in [2.24, 2.45) is 0 Å². The van der Waals surface area contributed by atoms with E-state index in [0.29, 0.717) is 0 Å². The van der Waals surface area contributed by atoms with Gasteiger partial charge in [-0.1, -0.05) is 41.0 Å². The van der Waals surface area contributed by atoms with Gasteiger partial charge in [0.15, 0.2) is 11.5 Å². The minimum absolute atomic E-state index is 0.0151. The zero-order chi connectivity index (χ0) is 19.9. The lowest BCUT2D eigenvalue weighted by Gasteiger charge is -2.11. The summed E-state index contributed by atoms with van der Waals surface area (Å²) in [6, 6.07) is 13.1. The molecule has 4 rings (SSSR count). The van der Waals surface area contributed by atoms with Gasteiger partial charge in [-0.05, 0) is 24.3 Å². The molecule has 4 nitrogen and oxygen atoms in total. The first kappa shape index (κ1) is 18.2. The molecule has 0 spiro atoms. The number of hydrogen-bond donors (Lipinski definition) is 0. The molecule has 2 aromatic carbocycles. The van der Waals surface area contributed by atoms with Crippen molar-refractivity contribution in [2.45, 2.75) is 6.18 Å². The van der Waals surface area contributed by atoms with Gasteiger partial charge in [-0.15, -0.1) is 0 Å². The molecule has 0 amide bonds. The van der Waals surface area contributed by atoms with E-state index < -0.39 is 17.7 Å². The highest BCUT2D eigenvalue weighted by Crippen LogP contribution is 2.40. The van der Waals surface area contributed by atoms with Gasteiger partial charge in [-0.25, -0.2) is 9.07 Å². The normalized spacial score (nSPS) is 11.8. The summed E-state index contributed by atoms with van der Waals surface area (Å²) in [6.45, 7) is 0. The molecule has 28 heavy (non-hydrogen) atoms. The number of nitrogens with zero attached hydrogens (tertiary/aromatic N) is 3. The molecule has 0 saturated carbocycles. The Morgan fingerprint density at radius 2 is 1.75 bits per heavy atom. The number of rotatable bonds is 3. The first-order valence-corrected chi connectivity index (χ1v) is 8.36. The largest absolute Gasteiger partial charge is 0.434 e. The fourth-order valence-corrected chi connectivity index (χ4v) is 3.09. The van der Waals surface area contributed by atoms with Crippen LogP contribution in [-0.2, 0) is 6.18 Å². The lowest BCUT2D eigenvalue weighted by molar-refractivity contribution is -0.142. The summed E-state index contributed by atoms with van der Waals surface area (Å²) < 4.78 is 61.2. The van der Waals surface area contributed by atoms with Gasteiger partial charge in [-0.2, -0.15) is 18.3 Å². The standard InChI is InChI=1S/C19H10ClF4N3O/c20-13-7-4-8-14(21)17(13)15-9-16(28-26-15)12-10-25-27(18(12)19(22,23)24)11-5-2-1-3-6-11/h1-10H. The number of aromatic nitrogens is 3. The zero-order valence-corrected chi connectivity index (χ0v) is 14.7. The Bertz CT molecular complexity index is 1120. The van der Waals surface area contributed by atoms with Crippen LogP contribution in [0.15, 0.2) is 65.3 Å². The minimum Gasteiger partial charge on any atom is -0.356 e. The summed E-state index contributed by atoms with van der Waals surface area (Å²) in [5.41, 5.74) is -1.18. The zero-order valence-electron chi connectivity index (χ0n) is 13.9. The highest BCUT2D eigenvalue weighted by molar-refractivity contribution is 6.33. The molecule has 2 heterocycles. The molecule has 0 radical (unpaired) electrons. The van der Waals surface area contributed by atoms with Crippen LogP contribution in [-0.4, -0.2) is 14.9 Å². The monoisotopic (exact) mass is 407 g/mol. The molecule has 9 heteroatoms. The lowest BCUT2D eigenvalue weighted by atomic mass is 10.1. The SMILES string of the molecule is Fc1cccc(Cl)c1-c1cc(-c2cnn(-c3ccccc3)c2C(F)(F)F)on1. The van der Waals surface area contributed by atoms with Gasteiger partial charge in [0, 0.05) is 6.07 Å². The molecule has 0 aliphatic heterocycles. The molecule has 0 fully saturated rings. The van der Waals surface area contributed by atoms with Crippen molar-refractivity contribution in [3.63, 3.8) is 0 Å². The van der Waals surface area contributed by atoms with E-state index >= 15 is 0 Å². The van der Waals surface area contributed by atoms with Gasteiger partial charge in [0.05, 0.1) is 28.0 Å². The van der Waals surface area contributed by atoms with E-state index in [4.69, 9.17) is 16.1 Å². The predicted octanol–water partition coefficient (Wildman–Crippen LogP) is 6.01. The van der Waals surface area contributed by atoms with E-state index in [-0.39, 0.29) is 33.3 Å². The van der Waals surface area contributed by atoms with Crippen molar-refractivity contribution in [3.8, 4) is 28.3 Å². The summed E-state index contributed by atoms with van der Waals surface area (Å²) >= 11 is 5.99. The second-order valence-electron chi connectivity index (χ2n) is 5.83. The number of alkyl halides is 3. The maximum atomic E-state index is 14.1. The Hall–Kier alpha value is -3.13. The van der Waals surface area contributed by atoms with Crippen LogP contribution in [0.25, 0.3) is 28.3 Å². The third-order valence-corrected chi connectivity index (χ3v) is 4.35. The molecule has 0 aliphatic rings. The number of hydrogen-bond acceptors (Lipinski definition) is 3. The molecule has 142 valence electrons. The smallest absolute Gasteiger partial charge is 0.356 e. The maximum Gasteiger partial charge on any atom is 0.434 e. The number of halogens is 5. The summed E-state index contributed by atoms with van der Waals surface area (Å²) in [6.07, 6.45) is -3.69. The number of benzene rings is 2. The van der Waals surface area contributed by atoms with Crippen LogP contribution in [0.2, 0.25) is 5.02 Å². The minimum atomic E-state index is -4.72. The van der Waals surface area contributed by atoms with Crippen molar-refractivity contribution in [2.75, 3.05) is 0 Å². The molecule has 0 saturated heterocycles. The summed E-state index contributed by atoms with van der Waals surface area (Å²) in [5.74, 6) is -0.868. The van der Waals surface area contributed by atoms with Crippen LogP contribution in [0.3, 0.4) is 0 Å². The van der Waals surface area contributed by atoms with E-state index in [1.54, 1.807) is 18.2 Å². The average Bonchev–Trinajstić information content (AvgIpc) is 3.29. The highest BCUT2D eigenvalue weighted by atomic mass is 35.5. The van der Waals surface area contributed by atoms with Gasteiger partial charge in [0.1, 0.15) is 11.5 Å². The van der Waals surface area contributed by atoms with Gasteiger partial charge in [0.2, 0.25) is 0 Å². The third kappa shape index (κ3) is 3.16. The van der Waals surface area contributed by atoms with Crippen molar-refractivity contribution < 1.29 is 22.1 Å². The van der Waals surface area contributed by atoms with Crippen LogP contribution in [0.5, 0.6) is 0 Å². The number of para-hydroxylation sites is 1.